The van der Waals surface area contributed by atoms with Gasteiger partial charge >= 0.3 is 0 Å². The van der Waals surface area contributed by atoms with Crippen molar-refractivity contribution in [3.05, 3.63) is 51.9 Å². The molecule has 2 aromatic rings. The van der Waals surface area contributed by atoms with Crippen LogP contribution in [0.25, 0.3) is 0 Å². The molecule has 0 saturated carbocycles. The molecule has 0 aliphatic heterocycles. The molecule has 1 heterocycles. The number of aliphatic hydroxyl groups excluding tert-OH is 1. The predicted molar refractivity (Wildman–Crippen MR) is 89.1 cm³/mol. The molecule has 2 rings (SSSR count). The zero-order chi connectivity index (χ0) is 17.2. The molecule has 0 amide bonds. The van der Waals surface area contributed by atoms with Gasteiger partial charge in [-0.25, -0.2) is 13.1 Å². The molecule has 0 radical (unpaired) electrons. The third-order valence-electron chi connectivity index (χ3n) is 3.66. The van der Waals surface area contributed by atoms with Gasteiger partial charge in [0, 0.05) is 17.1 Å². The number of benzene rings is 1. The van der Waals surface area contributed by atoms with Crippen LogP contribution >= 0.6 is 11.6 Å². The molecular weight excluding hydrogens is 338 g/mol. The second-order valence-corrected chi connectivity index (χ2v) is 7.58. The fraction of sp³-hybridized carbons (Fsp3) is 0.375. The number of rotatable bonds is 6. The van der Waals surface area contributed by atoms with Crippen molar-refractivity contribution in [1.82, 2.24) is 4.72 Å². The first-order valence-corrected chi connectivity index (χ1v) is 9.08. The first-order valence-electron chi connectivity index (χ1n) is 7.22. The summed E-state index contributed by atoms with van der Waals surface area (Å²) in [6.07, 6.45) is -0.533. The van der Waals surface area contributed by atoms with Crippen LogP contribution in [0.2, 0.25) is 5.02 Å². The molecule has 0 fully saturated rings. The van der Waals surface area contributed by atoms with Crippen LogP contribution in [0.1, 0.15) is 35.2 Å². The van der Waals surface area contributed by atoms with Gasteiger partial charge < -0.3 is 9.52 Å². The van der Waals surface area contributed by atoms with E-state index in [4.69, 9.17) is 16.0 Å². The number of halogens is 1. The number of hydrogen-bond acceptors (Lipinski definition) is 4. The van der Waals surface area contributed by atoms with E-state index in [1.807, 2.05) is 0 Å². The Labute approximate surface area is 141 Å². The van der Waals surface area contributed by atoms with Crippen molar-refractivity contribution in [2.75, 3.05) is 6.54 Å². The highest BCUT2D eigenvalue weighted by Gasteiger charge is 2.19. The number of furan rings is 1. The second kappa shape index (κ2) is 7.05. The lowest BCUT2D eigenvalue weighted by Crippen LogP contribution is -2.26. The quantitative estimate of drug-likeness (QED) is 0.831. The Morgan fingerprint density at radius 2 is 2.00 bits per heavy atom. The summed E-state index contributed by atoms with van der Waals surface area (Å²) in [4.78, 5) is 0.148. The zero-order valence-electron chi connectivity index (χ0n) is 13.3. The molecule has 2 N–H and O–H groups in total. The van der Waals surface area contributed by atoms with Crippen molar-refractivity contribution in [2.45, 2.75) is 38.2 Å². The number of aliphatic hydroxyl groups is 1. The fourth-order valence-corrected chi connectivity index (χ4v) is 3.97. The molecule has 0 spiro atoms. The molecule has 1 aromatic heterocycles. The van der Waals surface area contributed by atoms with Gasteiger partial charge in [-0.15, -0.1) is 0 Å². The Morgan fingerprint density at radius 3 is 2.61 bits per heavy atom. The van der Waals surface area contributed by atoms with Gasteiger partial charge in [0.25, 0.3) is 0 Å². The number of hydrogen-bond donors (Lipinski definition) is 2. The van der Waals surface area contributed by atoms with Crippen LogP contribution in [-0.2, 0) is 10.0 Å². The maximum Gasteiger partial charge on any atom is 0.240 e. The smallest absolute Gasteiger partial charge is 0.240 e. The lowest BCUT2D eigenvalue weighted by atomic mass is 10.1. The van der Waals surface area contributed by atoms with Crippen molar-refractivity contribution in [2.24, 2.45) is 0 Å². The summed E-state index contributed by atoms with van der Waals surface area (Å²) in [5.74, 6) is 1.36. The highest BCUT2D eigenvalue weighted by molar-refractivity contribution is 7.89. The predicted octanol–water partition coefficient (Wildman–Crippen LogP) is 3.26. The SMILES string of the molecule is Cc1cc([C@H](O)CCNS(=O)(=O)c2cccc(Cl)c2C)c(C)o1. The molecule has 0 bridgehead atoms. The van der Waals surface area contributed by atoms with Crippen LogP contribution in [-0.4, -0.2) is 20.1 Å². The first-order chi connectivity index (χ1) is 10.7. The van der Waals surface area contributed by atoms with Gasteiger partial charge in [-0.05, 0) is 51.0 Å². The standard InChI is InChI=1S/C16H20ClNO4S/c1-10-9-13(12(3)22-10)15(19)7-8-18-23(20,21)16-6-4-5-14(17)11(16)2/h4-6,9,15,18-19H,7-8H2,1-3H3/t15-/m1/s1. The van der Waals surface area contributed by atoms with Crippen LogP contribution in [0.4, 0.5) is 0 Å². The molecule has 5 nitrogen and oxygen atoms in total. The first kappa shape index (κ1) is 18.0. The molecule has 0 aliphatic rings. The lowest BCUT2D eigenvalue weighted by molar-refractivity contribution is 0.167. The normalized spacial score (nSPS) is 13.3. The van der Waals surface area contributed by atoms with Gasteiger partial charge in [-0.3, -0.25) is 0 Å². The van der Waals surface area contributed by atoms with Crippen molar-refractivity contribution in [3.8, 4) is 0 Å². The Morgan fingerprint density at radius 1 is 1.30 bits per heavy atom. The van der Waals surface area contributed by atoms with E-state index in [0.717, 1.165) is 0 Å². The summed E-state index contributed by atoms with van der Waals surface area (Å²) in [5.41, 5.74) is 1.18. The molecule has 1 aromatic carbocycles. The van der Waals surface area contributed by atoms with Gasteiger partial charge in [0.15, 0.2) is 0 Å². The molecule has 23 heavy (non-hydrogen) atoms. The summed E-state index contributed by atoms with van der Waals surface area (Å²) in [7, 11) is -3.67. The minimum absolute atomic E-state index is 0.110. The summed E-state index contributed by atoms with van der Waals surface area (Å²) < 4.78 is 32.5. The van der Waals surface area contributed by atoms with Crippen molar-refractivity contribution in [1.29, 1.82) is 0 Å². The third kappa shape index (κ3) is 4.14. The Kier molecular flexibility index (Phi) is 5.52. The highest BCUT2D eigenvalue weighted by Crippen LogP contribution is 2.25. The van der Waals surface area contributed by atoms with E-state index in [-0.39, 0.29) is 17.9 Å². The molecular formula is C16H20ClNO4S. The van der Waals surface area contributed by atoms with E-state index in [2.05, 4.69) is 4.72 Å². The highest BCUT2D eigenvalue weighted by atomic mass is 35.5. The molecule has 0 aliphatic carbocycles. The van der Waals surface area contributed by atoms with Crippen LogP contribution in [0, 0.1) is 20.8 Å². The van der Waals surface area contributed by atoms with E-state index in [1.54, 1.807) is 39.0 Å². The molecule has 126 valence electrons. The zero-order valence-corrected chi connectivity index (χ0v) is 14.8. The summed E-state index contributed by atoms with van der Waals surface area (Å²) >= 11 is 5.96. The van der Waals surface area contributed by atoms with E-state index in [0.29, 0.717) is 27.7 Å². The topological polar surface area (TPSA) is 79.5 Å². The van der Waals surface area contributed by atoms with E-state index < -0.39 is 16.1 Å². The van der Waals surface area contributed by atoms with E-state index in [9.17, 15) is 13.5 Å². The molecule has 0 unspecified atom stereocenters. The number of nitrogens with one attached hydrogen (secondary N) is 1. The molecule has 1 atom stereocenters. The van der Waals surface area contributed by atoms with Gasteiger partial charge in [0.05, 0.1) is 11.0 Å². The van der Waals surface area contributed by atoms with Gasteiger partial charge in [0.1, 0.15) is 11.5 Å². The van der Waals surface area contributed by atoms with Crippen molar-refractivity contribution in [3.63, 3.8) is 0 Å². The Bertz CT molecular complexity index is 798. The molecule has 0 saturated heterocycles. The second-order valence-electron chi connectivity index (χ2n) is 5.43. The van der Waals surface area contributed by atoms with Crippen molar-refractivity contribution >= 4 is 21.6 Å². The minimum atomic E-state index is -3.67. The van der Waals surface area contributed by atoms with Gasteiger partial charge in [0.2, 0.25) is 10.0 Å². The van der Waals surface area contributed by atoms with Gasteiger partial charge in [-0.1, -0.05) is 17.7 Å². The number of aryl methyl sites for hydroxylation is 2. The summed E-state index contributed by atoms with van der Waals surface area (Å²) in [5, 5.41) is 10.6. The van der Waals surface area contributed by atoms with Crippen molar-refractivity contribution < 1.29 is 17.9 Å². The van der Waals surface area contributed by atoms with Crippen LogP contribution in [0.15, 0.2) is 33.6 Å². The Hall–Kier alpha value is -1.34. The van der Waals surface area contributed by atoms with Crippen LogP contribution in [0.3, 0.4) is 0 Å². The summed E-state index contributed by atoms with van der Waals surface area (Å²) in [6, 6.07) is 6.50. The minimum Gasteiger partial charge on any atom is -0.466 e. The van der Waals surface area contributed by atoms with Crippen LogP contribution < -0.4 is 4.72 Å². The Balaban J connectivity index is 2.03. The maximum absolute atomic E-state index is 12.3. The van der Waals surface area contributed by atoms with E-state index in [1.165, 1.54) is 6.07 Å². The fourth-order valence-electron chi connectivity index (χ4n) is 2.42. The average molecular weight is 358 g/mol. The van der Waals surface area contributed by atoms with Gasteiger partial charge in [-0.2, -0.15) is 0 Å². The van der Waals surface area contributed by atoms with Crippen LogP contribution in [0.5, 0.6) is 0 Å². The maximum atomic E-state index is 12.3. The molecule has 7 heteroatoms. The average Bonchev–Trinajstić information content (AvgIpc) is 2.80. The van der Waals surface area contributed by atoms with E-state index >= 15 is 0 Å². The lowest BCUT2D eigenvalue weighted by Gasteiger charge is -2.12. The largest absolute Gasteiger partial charge is 0.466 e. The third-order valence-corrected chi connectivity index (χ3v) is 5.67. The summed E-state index contributed by atoms with van der Waals surface area (Å²) in [6.45, 7) is 5.33. The monoisotopic (exact) mass is 357 g/mol. The number of sulfonamides is 1.